The molecule has 3 rings (SSSR count). The van der Waals surface area contributed by atoms with Gasteiger partial charge in [0.05, 0.1) is 11.2 Å². The Hall–Kier alpha value is -2.02. The Labute approximate surface area is 145 Å². The number of rotatable bonds is 4. The summed E-state index contributed by atoms with van der Waals surface area (Å²) in [7, 11) is -4.07. The largest absolute Gasteiger partial charge is 0.408 e. The lowest BCUT2D eigenvalue weighted by Gasteiger charge is -2.09. The van der Waals surface area contributed by atoms with Crippen molar-refractivity contribution in [3.05, 3.63) is 45.4 Å². The molecule has 0 saturated heterocycles. The summed E-state index contributed by atoms with van der Waals surface area (Å²) in [6.45, 7) is 1.87. The van der Waals surface area contributed by atoms with Crippen molar-refractivity contribution in [3.63, 3.8) is 0 Å². The van der Waals surface area contributed by atoms with Gasteiger partial charge in [-0.05, 0) is 52.7 Å². The summed E-state index contributed by atoms with van der Waals surface area (Å²) in [5, 5.41) is 9.76. The molecule has 0 fully saturated rings. The van der Waals surface area contributed by atoms with E-state index < -0.39 is 10.3 Å². The lowest BCUT2D eigenvalue weighted by molar-refractivity contribution is 0.499. The number of aromatic amines is 1. The fourth-order valence-electron chi connectivity index (χ4n) is 2.11. The number of thiophene rings is 1. The Morgan fingerprint density at radius 3 is 2.87 bits per heavy atom. The molecule has 23 heavy (non-hydrogen) atoms. The molecule has 3 aromatic rings. The van der Waals surface area contributed by atoms with E-state index >= 15 is 0 Å². The van der Waals surface area contributed by atoms with E-state index in [-0.39, 0.29) is 5.06 Å². The molecule has 0 radical (unpaired) electrons. The van der Waals surface area contributed by atoms with E-state index in [0.717, 1.165) is 26.8 Å². The van der Waals surface area contributed by atoms with Crippen LogP contribution in [0.15, 0.2) is 34.9 Å². The quantitative estimate of drug-likeness (QED) is 0.679. The van der Waals surface area contributed by atoms with Crippen LogP contribution in [0.3, 0.4) is 0 Å². The smallest absolute Gasteiger partial charge is 0.358 e. The standard InChI is InChI=1S/C14H10BrN3O3S2/c1-8-4-10-11(15)7-17-14(10)12(5-8)18-23(19,20)21-13-3-2-9(6-16)22-13/h2-5,7,17-18H,1H3. The maximum Gasteiger partial charge on any atom is 0.408 e. The highest BCUT2D eigenvalue weighted by atomic mass is 79.9. The van der Waals surface area contributed by atoms with Gasteiger partial charge in [-0.1, -0.05) is 11.3 Å². The minimum atomic E-state index is -4.07. The summed E-state index contributed by atoms with van der Waals surface area (Å²) in [4.78, 5) is 3.39. The number of fused-ring (bicyclic) bond motifs is 1. The summed E-state index contributed by atoms with van der Waals surface area (Å²) < 4.78 is 32.6. The molecule has 9 heteroatoms. The third-order valence-electron chi connectivity index (χ3n) is 3.00. The minimum absolute atomic E-state index is 0.130. The summed E-state index contributed by atoms with van der Waals surface area (Å²) in [6.07, 6.45) is 1.74. The number of hydrogen-bond donors (Lipinski definition) is 2. The molecule has 0 unspecified atom stereocenters. The van der Waals surface area contributed by atoms with E-state index in [0.29, 0.717) is 16.1 Å². The molecule has 2 heterocycles. The van der Waals surface area contributed by atoms with Crippen LogP contribution in [0.25, 0.3) is 10.9 Å². The molecule has 118 valence electrons. The lowest BCUT2D eigenvalue weighted by atomic mass is 10.1. The van der Waals surface area contributed by atoms with Crippen LogP contribution in [-0.2, 0) is 10.3 Å². The number of nitrogens with one attached hydrogen (secondary N) is 2. The predicted molar refractivity (Wildman–Crippen MR) is 92.9 cm³/mol. The van der Waals surface area contributed by atoms with E-state index in [1.54, 1.807) is 12.3 Å². The molecule has 0 amide bonds. The van der Waals surface area contributed by atoms with Gasteiger partial charge in [-0.2, -0.15) is 13.7 Å². The first-order valence-electron chi connectivity index (χ1n) is 6.37. The maximum atomic E-state index is 12.2. The summed E-state index contributed by atoms with van der Waals surface area (Å²) in [6, 6.07) is 8.52. The zero-order valence-corrected chi connectivity index (χ0v) is 15.0. The molecule has 0 spiro atoms. The number of nitrogens with zero attached hydrogens (tertiary/aromatic N) is 1. The number of aromatic nitrogens is 1. The second kappa shape index (κ2) is 5.88. The van der Waals surface area contributed by atoms with Crippen LogP contribution < -0.4 is 8.91 Å². The molecule has 0 aliphatic rings. The van der Waals surface area contributed by atoms with E-state index in [9.17, 15) is 8.42 Å². The molecular weight excluding hydrogens is 402 g/mol. The van der Waals surface area contributed by atoms with Crippen molar-refractivity contribution in [2.75, 3.05) is 4.72 Å². The van der Waals surface area contributed by atoms with Crippen molar-refractivity contribution in [3.8, 4) is 11.1 Å². The molecule has 6 nitrogen and oxygen atoms in total. The molecule has 0 saturated carbocycles. The van der Waals surface area contributed by atoms with E-state index in [2.05, 4.69) is 25.6 Å². The molecule has 1 aromatic carbocycles. The number of benzene rings is 1. The third-order valence-corrected chi connectivity index (χ3v) is 5.50. The lowest BCUT2D eigenvalue weighted by Crippen LogP contribution is -2.19. The fraction of sp³-hybridized carbons (Fsp3) is 0.0714. The van der Waals surface area contributed by atoms with Crippen LogP contribution in [-0.4, -0.2) is 13.4 Å². The Balaban J connectivity index is 1.93. The van der Waals surface area contributed by atoms with E-state index in [1.807, 2.05) is 19.1 Å². The second-order valence-electron chi connectivity index (χ2n) is 4.74. The van der Waals surface area contributed by atoms with Crippen LogP contribution in [0, 0.1) is 18.3 Å². The van der Waals surface area contributed by atoms with Gasteiger partial charge >= 0.3 is 10.3 Å². The van der Waals surface area contributed by atoms with Crippen LogP contribution in [0.5, 0.6) is 5.06 Å². The van der Waals surface area contributed by atoms with Gasteiger partial charge in [-0.25, -0.2) is 4.72 Å². The number of nitriles is 1. The first-order chi connectivity index (χ1) is 10.9. The van der Waals surface area contributed by atoms with Crippen molar-refractivity contribution in [2.45, 2.75) is 6.92 Å². The normalized spacial score (nSPS) is 11.3. The average molecular weight is 412 g/mol. The van der Waals surface area contributed by atoms with Crippen molar-refractivity contribution >= 4 is 54.2 Å². The number of aryl methyl sites for hydroxylation is 1. The summed E-state index contributed by atoms with van der Waals surface area (Å²) in [5.41, 5.74) is 1.94. The Kier molecular flexibility index (Phi) is 4.06. The monoisotopic (exact) mass is 411 g/mol. The van der Waals surface area contributed by atoms with Crippen molar-refractivity contribution in [2.24, 2.45) is 0 Å². The molecule has 2 aromatic heterocycles. The van der Waals surface area contributed by atoms with Crippen LogP contribution in [0.1, 0.15) is 10.4 Å². The van der Waals surface area contributed by atoms with Gasteiger partial charge in [0.2, 0.25) is 0 Å². The highest BCUT2D eigenvalue weighted by Crippen LogP contribution is 2.32. The van der Waals surface area contributed by atoms with Gasteiger partial charge in [-0.3, -0.25) is 0 Å². The van der Waals surface area contributed by atoms with E-state index in [4.69, 9.17) is 9.44 Å². The van der Waals surface area contributed by atoms with Crippen molar-refractivity contribution in [1.29, 1.82) is 5.26 Å². The third kappa shape index (κ3) is 3.34. The molecular formula is C14H10BrN3O3S2. The number of anilines is 1. The zero-order chi connectivity index (χ0) is 16.6. The highest BCUT2D eigenvalue weighted by Gasteiger charge is 2.17. The van der Waals surface area contributed by atoms with Gasteiger partial charge < -0.3 is 9.17 Å². The Bertz CT molecular complexity index is 1030. The van der Waals surface area contributed by atoms with E-state index in [1.165, 1.54) is 12.1 Å². The first-order valence-corrected chi connectivity index (χ1v) is 9.39. The van der Waals surface area contributed by atoms with Crippen LogP contribution >= 0.6 is 27.3 Å². The minimum Gasteiger partial charge on any atom is -0.358 e. The number of H-pyrrole nitrogens is 1. The molecule has 0 atom stereocenters. The number of hydrogen-bond acceptors (Lipinski definition) is 5. The topological polar surface area (TPSA) is 95.0 Å². The van der Waals surface area contributed by atoms with Gasteiger partial charge in [0, 0.05) is 16.1 Å². The van der Waals surface area contributed by atoms with Gasteiger partial charge in [-0.15, -0.1) is 0 Å². The molecule has 0 aliphatic carbocycles. The van der Waals surface area contributed by atoms with Crippen molar-refractivity contribution < 1.29 is 12.6 Å². The molecule has 0 aliphatic heterocycles. The van der Waals surface area contributed by atoms with Gasteiger partial charge in [0.1, 0.15) is 10.9 Å². The second-order valence-corrected chi connectivity index (χ2v) is 7.92. The maximum absolute atomic E-state index is 12.2. The fourth-order valence-corrected chi connectivity index (χ4v) is 4.22. The van der Waals surface area contributed by atoms with Crippen LogP contribution in [0.2, 0.25) is 0 Å². The average Bonchev–Trinajstić information content (AvgIpc) is 3.05. The van der Waals surface area contributed by atoms with Crippen LogP contribution in [0.4, 0.5) is 5.69 Å². The Morgan fingerprint density at radius 1 is 1.39 bits per heavy atom. The Morgan fingerprint density at radius 2 is 2.17 bits per heavy atom. The van der Waals surface area contributed by atoms with Gasteiger partial charge in [0.25, 0.3) is 0 Å². The number of halogens is 1. The summed E-state index contributed by atoms with van der Waals surface area (Å²) in [5.74, 6) is 0. The zero-order valence-electron chi connectivity index (χ0n) is 11.8. The SMILES string of the molecule is Cc1cc(NS(=O)(=O)Oc2ccc(C#N)s2)c2[nH]cc(Br)c2c1. The summed E-state index contributed by atoms with van der Waals surface area (Å²) >= 11 is 4.37. The molecule has 0 bridgehead atoms. The molecule has 2 N–H and O–H groups in total. The predicted octanol–water partition coefficient (Wildman–Crippen LogP) is 3.91. The van der Waals surface area contributed by atoms with Gasteiger partial charge in [0.15, 0.2) is 5.06 Å². The first kappa shape index (κ1) is 15.9. The highest BCUT2D eigenvalue weighted by molar-refractivity contribution is 9.10. The van der Waals surface area contributed by atoms with Crippen molar-refractivity contribution in [1.82, 2.24) is 4.98 Å².